The molecule has 1 N–H and O–H groups in total. The van der Waals surface area contributed by atoms with E-state index in [0.29, 0.717) is 5.69 Å². The summed E-state index contributed by atoms with van der Waals surface area (Å²) in [7, 11) is 0. The highest BCUT2D eigenvalue weighted by atomic mass is 32.2. The van der Waals surface area contributed by atoms with Gasteiger partial charge in [0, 0.05) is 22.5 Å². The Morgan fingerprint density at radius 3 is 2.62 bits per heavy atom. The molecule has 0 radical (unpaired) electrons. The molecule has 0 unspecified atom stereocenters. The zero-order valence-electron chi connectivity index (χ0n) is 11.8. The van der Waals surface area contributed by atoms with E-state index in [4.69, 9.17) is 0 Å². The van der Waals surface area contributed by atoms with E-state index in [1.165, 1.54) is 0 Å². The number of fused-ring (bicyclic) bond motifs is 1. The molecule has 0 aliphatic heterocycles. The van der Waals surface area contributed by atoms with Gasteiger partial charge in [-0.2, -0.15) is 0 Å². The number of imidazole rings is 1. The van der Waals surface area contributed by atoms with Crippen molar-refractivity contribution < 1.29 is 4.79 Å². The quantitative estimate of drug-likeness (QED) is 0.751. The molecule has 0 fully saturated rings. The Bertz CT molecular complexity index is 793. The molecule has 21 heavy (non-hydrogen) atoms. The molecule has 4 nitrogen and oxygen atoms in total. The van der Waals surface area contributed by atoms with Gasteiger partial charge in [-0.15, -0.1) is 11.8 Å². The van der Waals surface area contributed by atoms with Gasteiger partial charge in [0.15, 0.2) is 0 Å². The van der Waals surface area contributed by atoms with E-state index >= 15 is 0 Å². The molecular formula is C16H15N3OS. The molecule has 1 amide bonds. The van der Waals surface area contributed by atoms with Gasteiger partial charge in [0.25, 0.3) is 5.91 Å². The van der Waals surface area contributed by atoms with Gasteiger partial charge in [-0.1, -0.05) is 6.07 Å². The van der Waals surface area contributed by atoms with Crippen LogP contribution < -0.4 is 5.32 Å². The van der Waals surface area contributed by atoms with Crippen molar-refractivity contribution in [3.8, 4) is 0 Å². The molecule has 0 saturated carbocycles. The summed E-state index contributed by atoms with van der Waals surface area (Å²) in [5.41, 5.74) is 3.01. The lowest BCUT2D eigenvalue weighted by Crippen LogP contribution is -2.12. The van der Waals surface area contributed by atoms with Crippen molar-refractivity contribution in [1.82, 2.24) is 9.38 Å². The Morgan fingerprint density at radius 2 is 1.95 bits per heavy atom. The second-order valence-electron chi connectivity index (χ2n) is 4.70. The maximum Gasteiger partial charge on any atom is 0.275 e. The minimum atomic E-state index is -0.199. The van der Waals surface area contributed by atoms with Crippen molar-refractivity contribution in [3.63, 3.8) is 0 Å². The number of amides is 1. The molecule has 0 aliphatic carbocycles. The fourth-order valence-electron chi connectivity index (χ4n) is 2.13. The largest absolute Gasteiger partial charge is 0.321 e. The van der Waals surface area contributed by atoms with Gasteiger partial charge in [0.1, 0.15) is 11.3 Å². The molecule has 2 heterocycles. The third-order valence-corrected chi connectivity index (χ3v) is 4.02. The SMILES string of the molecule is CSc1ccc(NC(=O)c2cn3c(C)cccc3n2)cc1. The van der Waals surface area contributed by atoms with E-state index in [9.17, 15) is 4.79 Å². The Hall–Kier alpha value is -2.27. The van der Waals surface area contributed by atoms with Gasteiger partial charge in [-0.25, -0.2) is 4.98 Å². The van der Waals surface area contributed by atoms with Crippen molar-refractivity contribution in [2.45, 2.75) is 11.8 Å². The lowest BCUT2D eigenvalue weighted by Gasteiger charge is -2.03. The zero-order chi connectivity index (χ0) is 14.8. The van der Waals surface area contributed by atoms with Gasteiger partial charge in [-0.05, 0) is 49.6 Å². The number of carbonyl (C=O) groups is 1. The van der Waals surface area contributed by atoms with Crippen molar-refractivity contribution in [1.29, 1.82) is 0 Å². The van der Waals surface area contributed by atoms with E-state index in [1.54, 1.807) is 18.0 Å². The average molecular weight is 297 g/mol. The van der Waals surface area contributed by atoms with Crippen LogP contribution in [0.15, 0.2) is 53.6 Å². The van der Waals surface area contributed by atoms with Crippen LogP contribution in [0.1, 0.15) is 16.2 Å². The predicted octanol–water partition coefficient (Wildman–Crippen LogP) is 3.62. The topological polar surface area (TPSA) is 46.4 Å². The van der Waals surface area contributed by atoms with Crippen molar-refractivity contribution >= 4 is 29.0 Å². The second-order valence-corrected chi connectivity index (χ2v) is 5.58. The van der Waals surface area contributed by atoms with Crippen LogP contribution in [-0.2, 0) is 0 Å². The molecule has 3 aromatic rings. The maximum absolute atomic E-state index is 12.3. The highest BCUT2D eigenvalue weighted by Crippen LogP contribution is 2.18. The maximum atomic E-state index is 12.3. The molecular weight excluding hydrogens is 282 g/mol. The van der Waals surface area contributed by atoms with Crippen LogP contribution in [0.2, 0.25) is 0 Å². The summed E-state index contributed by atoms with van der Waals surface area (Å²) >= 11 is 1.67. The predicted molar refractivity (Wildman–Crippen MR) is 86.1 cm³/mol. The summed E-state index contributed by atoms with van der Waals surface area (Å²) < 4.78 is 1.91. The highest BCUT2D eigenvalue weighted by Gasteiger charge is 2.11. The summed E-state index contributed by atoms with van der Waals surface area (Å²) in [5, 5.41) is 2.87. The summed E-state index contributed by atoms with van der Waals surface area (Å²) in [5.74, 6) is -0.199. The van der Waals surface area contributed by atoms with Crippen molar-refractivity contribution in [2.75, 3.05) is 11.6 Å². The Labute approximate surface area is 127 Å². The molecule has 2 aromatic heterocycles. The normalized spacial score (nSPS) is 10.8. The van der Waals surface area contributed by atoms with Crippen LogP contribution in [0.25, 0.3) is 5.65 Å². The van der Waals surface area contributed by atoms with Crippen LogP contribution in [0, 0.1) is 6.92 Å². The molecule has 1 aromatic carbocycles. The molecule has 5 heteroatoms. The van der Waals surface area contributed by atoms with Gasteiger partial charge in [0.2, 0.25) is 0 Å². The fraction of sp³-hybridized carbons (Fsp3) is 0.125. The smallest absolute Gasteiger partial charge is 0.275 e. The van der Waals surface area contributed by atoms with Crippen LogP contribution >= 0.6 is 11.8 Å². The molecule has 106 valence electrons. The number of hydrogen-bond donors (Lipinski definition) is 1. The van der Waals surface area contributed by atoms with Crippen LogP contribution in [0.4, 0.5) is 5.69 Å². The number of hydrogen-bond acceptors (Lipinski definition) is 3. The van der Waals surface area contributed by atoms with Crippen LogP contribution in [0.3, 0.4) is 0 Å². The number of anilines is 1. The van der Waals surface area contributed by atoms with E-state index in [2.05, 4.69) is 10.3 Å². The van der Waals surface area contributed by atoms with Crippen LogP contribution in [-0.4, -0.2) is 21.5 Å². The molecule has 0 spiro atoms. The number of aryl methyl sites for hydroxylation is 1. The number of nitrogens with zero attached hydrogens (tertiary/aromatic N) is 2. The summed E-state index contributed by atoms with van der Waals surface area (Å²) in [6.45, 7) is 1.98. The Morgan fingerprint density at radius 1 is 1.19 bits per heavy atom. The number of benzene rings is 1. The van der Waals surface area contributed by atoms with Crippen molar-refractivity contribution in [3.05, 3.63) is 60.0 Å². The molecule has 0 atom stereocenters. The summed E-state index contributed by atoms with van der Waals surface area (Å²) in [4.78, 5) is 17.8. The molecule has 0 aliphatic rings. The Kier molecular flexibility index (Phi) is 3.66. The first-order valence-corrected chi connectivity index (χ1v) is 7.80. The first-order valence-electron chi connectivity index (χ1n) is 6.57. The third kappa shape index (κ3) is 2.78. The number of thioether (sulfide) groups is 1. The summed E-state index contributed by atoms with van der Waals surface area (Å²) in [6.07, 6.45) is 3.78. The van der Waals surface area contributed by atoms with E-state index in [0.717, 1.165) is 21.9 Å². The number of nitrogens with one attached hydrogen (secondary N) is 1. The number of carbonyl (C=O) groups excluding carboxylic acids is 1. The lowest BCUT2D eigenvalue weighted by atomic mass is 10.3. The number of aromatic nitrogens is 2. The van der Waals surface area contributed by atoms with E-state index < -0.39 is 0 Å². The minimum Gasteiger partial charge on any atom is -0.321 e. The van der Waals surface area contributed by atoms with Gasteiger partial charge in [-0.3, -0.25) is 4.79 Å². The van der Waals surface area contributed by atoms with Gasteiger partial charge in [0.05, 0.1) is 0 Å². The van der Waals surface area contributed by atoms with Crippen LogP contribution in [0.5, 0.6) is 0 Å². The van der Waals surface area contributed by atoms with Gasteiger partial charge < -0.3 is 9.72 Å². The molecule has 3 rings (SSSR count). The number of pyridine rings is 1. The lowest BCUT2D eigenvalue weighted by molar-refractivity contribution is 0.102. The first kappa shape index (κ1) is 13.7. The molecule has 0 bridgehead atoms. The Balaban J connectivity index is 1.84. The van der Waals surface area contributed by atoms with E-state index in [1.807, 2.05) is 60.0 Å². The third-order valence-electron chi connectivity index (χ3n) is 3.28. The first-order chi connectivity index (χ1) is 10.2. The monoisotopic (exact) mass is 297 g/mol. The standard InChI is InChI=1S/C16H15N3OS/c1-11-4-3-5-15-18-14(10-19(11)15)16(20)17-12-6-8-13(21-2)9-7-12/h3-10H,1-2H3,(H,17,20). The average Bonchev–Trinajstić information content (AvgIpc) is 2.94. The van der Waals surface area contributed by atoms with E-state index in [-0.39, 0.29) is 5.91 Å². The fourth-order valence-corrected chi connectivity index (χ4v) is 2.54. The number of rotatable bonds is 3. The second kappa shape index (κ2) is 5.61. The van der Waals surface area contributed by atoms with Gasteiger partial charge >= 0.3 is 0 Å². The van der Waals surface area contributed by atoms with Crippen molar-refractivity contribution in [2.24, 2.45) is 0 Å². The zero-order valence-corrected chi connectivity index (χ0v) is 12.6. The highest BCUT2D eigenvalue weighted by molar-refractivity contribution is 7.98. The summed E-state index contributed by atoms with van der Waals surface area (Å²) in [6, 6.07) is 13.5. The molecule has 0 saturated heterocycles. The minimum absolute atomic E-state index is 0.199.